The van der Waals surface area contributed by atoms with Gasteiger partial charge in [-0.3, -0.25) is 4.79 Å². The Morgan fingerprint density at radius 3 is 2.53 bits per heavy atom. The maximum atomic E-state index is 11.8. The van der Waals surface area contributed by atoms with Gasteiger partial charge in [0.15, 0.2) is 0 Å². The summed E-state index contributed by atoms with van der Waals surface area (Å²) >= 11 is 0. The van der Waals surface area contributed by atoms with Crippen molar-refractivity contribution in [3.8, 4) is 0 Å². The second-order valence-electron chi connectivity index (χ2n) is 4.38. The van der Waals surface area contributed by atoms with Crippen LogP contribution in [0.3, 0.4) is 0 Å². The highest BCUT2D eigenvalue weighted by atomic mass is 16.2. The van der Waals surface area contributed by atoms with Crippen LogP contribution in [0.15, 0.2) is 0 Å². The van der Waals surface area contributed by atoms with Crippen LogP contribution in [0.4, 0.5) is 0 Å². The van der Waals surface area contributed by atoms with E-state index in [0.717, 1.165) is 19.5 Å². The Kier molecular flexibility index (Phi) is 5.09. The van der Waals surface area contributed by atoms with Crippen molar-refractivity contribution in [2.75, 3.05) is 13.1 Å². The summed E-state index contributed by atoms with van der Waals surface area (Å²) in [6.45, 7) is 5.55. The van der Waals surface area contributed by atoms with E-state index < -0.39 is 0 Å². The fourth-order valence-electron chi connectivity index (χ4n) is 2.67. The van der Waals surface area contributed by atoms with Crippen LogP contribution in [0.2, 0.25) is 0 Å². The molecular weight excluding hydrogens is 188 g/mol. The van der Waals surface area contributed by atoms with Gasteiger partial charge < -0.3 is 10.6 Å². The molecule has 0 spiro atoms. The number of nitrogens with zero attached hydrogens (tertiary/aromatic N) is 1. The quantitative estimate of drug-likeness (QED) is 0.772. The molecule has 0 saturated heterocycles. The SMILES string of the molecule is CCC(=O)N(CC)C1CCCCC1CN. The Morgan fingerprint density at radius 1 is 1.33 bits per heavy atom. The molecule has 88 valence electrons. The average Bonchev–Trinajstić information content (AvgIpc) is 2.30. The van der Waals surface area contributed by atoms with Crippen LogP contribution in [-0.4, -0.2) is 29.9 Å². The van der Waals surface area contributed by atoms with Crippen LogP contribution < -0.4 is 5.73 Å². The molecular formula is C12H24N2O. The maximum Gasteiger partial charge on any atom is 0.222 e. The first kappa shape index (κ1) is 12.5. The Labute approximate surface area is 93.0 Å². The smallest absolute Gasteiger partial charge is 0.222 e. The van der Waals surface area contributed by atoms with Gasteiger partial charge in [-0.2, -0.15) is 0 Å². The summed E-state index contributed by atoms with van der Waals surface area (Å²) in [5.74, 6) is 0.803. The molecule has 1 fully saturated rings. The third-order valence-corrected chi connectivity index (χ3v) is 3.54. The van der Waals surface area contributed by atoms with Crippen LogP contribution in [0.25, 0.3) is 0 Å². The summed E-state index contributed by atoms with van der Waals surface area (Å²) in [5, 5.41) is 0. The van der Waals surface area contributed by atoms with E-state index in [4.69, 9.17) is 5.73 Å². The second kappa shape index (κ2) is 6.11. The molecule has 1 aliphatic rings. The topological polar surface area (TPSA) is 46.3 Å². The van der Waals surface area contributed by atoms with Crippen molar-refractivity contribution >= 4 is 5.91 Å². The molecule has 2 atom stereocenters. The highest BCUT2D eigenvalue weighted by Gasteiger charge is 2.30. The Balaban J connectivity index is 2.67. The molecule has 3 nitrogen and oxygen atoms in total. The summed E-state index contributed by atoms with van der Waals surface area (Å²) < 4.78 is 0. The van der Waals surface area contributed by atoms with Gasteiger partial charge in [0.25, 0.3) is 0 Å². The summed E-state index contributed by atoms with van der Waals surface area (Å²) in [7, 11) is 0. The number of carbonyl (C=O) groups is 1. The van der Waals surface area contributed by atoms with Crippen molar-refractivity contribution in [3.05, 3.63) is 0 Å². The van der Waals surface area contributed by atoms with Crippen molar-refractivity contribution in [3.63, 3.8) is 0 Å². The Hall–Kier alpha value is -0.570. The van der Waals surface area contributed by atoms with Crippen molar-refractivity contribution in [1.29, 1.82) is 0 Å². The highest BCUT2D eigenvalue weighted by molar-refractivity contribution is 5.76. The lowest BCUT2D eigenvalue weighted by atomic mass is 9.83. The summed E-state index contributed by atoms with van der Waals surface area (Å²) in [6.07, 6.45) is 5.46. The van der Waals surface area contributed by atoms with Crippen molar-refractivity contribution in [1.82, 2.24) is 4.90 Å². The lowest BCUT2D eigenvalue weighted by Crippen LogP contribution is -2.47. The van der Waals surface area contributed by atoms with E-state index in [-0.39, 0.29) is 5.91 Å². The van der Waals surface area contributed by atoms with Gasteiger partial charge in [0, 0.05) is 19.0 Å². The van der Waals surface area contributed by atoms with Crippen molar-refractivity contribution in [2.45, 2.75) is 52.0 Å². The number of carbonyl (C=O) groups excluding carboxylic acids is 1. The molecule has 2 unspecified atom stereocenters. The summed E-state index contributed by atoms with van der Waals surface area (Å²) in [5.41, 5.74) is 5.79. The van der Waals surface area contributed by atoms with E-state index in [1.807, 2.05) is 11.8 Å². The predicted molar refractivity (Wildman–Crippen MR) is 62.5 cm³/mol. The van der Waals surface area contributed by atoms with E-state index in [0.29, 0.717) is 18.4 Å². The minimum absolute atomic E-state index is 0.280. The van der Waals surface area contributed by atoms with Crippen molar-refractivity contribution < 1.29 is 4.79 Å². The normalized spacial score (nSPS) is 26.3. The van der Waals surface area contributed by atoms with Crippen LogP contribution in [0, 0.1) is 5.92 Å². The monoisotopic (exact) mass is 212 g/mol. The van der Waals surface area contributed by atoms with Gasteiger partial charge in [-0.05, 0) is 32.2 Å². The molecule has 1 aliphatic carbocycles. The van der Waals surface area contributed by atoms with Gasteiger partial charge in [-0.15, -0.1) is 0 Å². The molecule has 15 heavy (non-hydrogen) atoms. The van der Waals surface area contributed by atoms with Crippen molar-refractivity contribution in [2.24, 2.45) is 11.7 Å². The van der Waals surface area contributed by atoms with E-state index in [9.17, 15) is 4.79 Å². The molecule has 0 aromatic carbocycles. The van der Waals surface area contributed by atoms with E-state index >= 15 is 0 Å². The van der Waals surface area contributed by atoms with Crippen LogP contribution in [0.1, 0.15) is 46.0 Å². The lowest BCUT2D eigenvalue weighted by molar-refractivity contribution is -0.134. The first-order valence-corrected chi connectivity index (χ1v) is 6.24. The number of rotatable bonds is 4. The number of amides is 1. The minimum Gasteiger partial charge on any atom is -0.340 e. The van der Waals surface area contributed by atoms with Crippen LogP contribution >= 0.6 is 0 Å². The fraction of sp³-hybridized carbons (Fsp3) is 0.917. The van der Waals surface area contributed by atoms with Gasteiger partial charge in [-0.1, -0.05) is 19.8 Å². The van der Waals surface area contributed by atoms with Gasteiger partial charge in [0.05, 0.1) is 0 Å². The maximum absolute atomic E-state index is 11.8. The zero-order valence-corrected chi connectivity index (χ0v) is 10.0. The van der Waals surface area contributed by atoms with Crippen LogP contribution in [-0.2, 0) is 4.79 Å². The standard InChI is InChI=1S/C12H24N2O/c1-3-12(15)14(4-2)11-8-6-5-7-10(11)9-13/h10-11H,3-9,13H2,1-2H3. The average molecular weight is 212 g/mol. The molecule has 0 radical (unpaired) electrons. The summed E-state index contributed by atoms with van der Waals surface area (Å²) in [4.78, 5) is 13.8. The van der Waals surface area contributed by atoms with E-state index in [1.165, 1.54) is 19.3 Å². The molecule has 0 bridgehead atoms. The second-order valence-corrected chi connectivity index (χ2v) is 4.38. The zero-order valence-electron chi connectivity index (χ0n) is 10.0. The fourth-order valence-corrected chi connectivity index (χ4v) is 2.67. The molecule has 0 aromatic rings. The highest BCUT2D eigenvalue weighted by Crippen LogP contribution is 2.28. The van der Waals surface area contributed by atoms with Gasteiger partial charge in [0.2, 0.25) is 5.91 Å². The van der Waals surface area contributed by atoms with E-state index in [1.54, 1.807) is 0 Å². The predicted octanol–water partition coefficient (Wildman–Crippen LogP) is 1.76. The third kappa shape index (κ3) is 2.94. The van der Waals surface area contributed by atoms with E-state index in [2.05, 4.69) is 6.92 Å². The minimum atomic E-state index is 0.280. The van der Waals surface area contributed by atoms with Gasteiger partial charge >= 0.3 is 0 Å². The molecule has 2 N–H and O–H groups in total. The third-order valence-electron chi connectivity index (χ3n) is 3.54. The number of hydrogen-bond donors (Lipinski definition) is 1. The van der Waals surface area contributed by atoms with Gasteiger partial charge in [-0.25, -0.2) is 0 Å². The summed E-state index contributed by atoms with van der Waals surface area (Å²) in [6, 6.07) is 0.404. The Bertz CT molecular complexity index is 206. The van der Waals surface area contributed by atoms with Crippen LogP contribution in [0.5, 0.6) is 0 Å². The molecule has 0 aromatic heterocycles. The molecule has 3 heteroatoms. The zero-order chi connectivity index (χ0) is 11.3. The first-order valence-electron chi connectivity index (χ1n) is 6.24. The molecule has 1 rings (SSSR count). The Morgan fingerprint density at radius 2 is 2.00 bits per heavy atom. The number of hydrogen-bond acceptors (Lipinski definition) is 2. The molecule has 0 aliphatic heterocycles. The molecule has 1 saturated carbocycles. The van der Waals surface area contributed by atoms with Gasteiger partial charge in [0.1, 0.15) is 0 Å². The first-order chi connectivity index (χ1) is 7.24. The largest absolute Gasteiger partial charge is 0.340 e. The number of nitrogens with two attached hydrogens (primary N) is 1. The molecule has 1 amide bonds. The molecule has 0 heterocycles. The lowest BCUT2D eigenvalue weighted by Gasteiger charge is -2.39.